The Morgan fingerprint density at radius 2 is 2.04 bits per heavy atom. The zero-order chi connectivity index (χ0) is 16.4. The molecule has 0 bridgehead atoms. The molecule has 0 spiro atoms. The number of hydrogen-bond donors (Lipinski definition) is 1. The Hall–Kier alpha value is -2.36. The quantitative estimate of drug-likeness (QED) is 0.942. The van der Waals surface area contributed by atoms with Crippen LogP contribution in [-0.2, 0) is 6.42 Å². The fourth-order valence-electron chi connectivity index (χ4n) is 3.39. The van der Waals surface area contributed by atoms with Crippen LogP contribution in [0.1, 0.15) is 53.0 Å². The average molecular weight is 310 g/mol. The first-order valence-corrected chi connectivity index (χ1v) is 8.20. The van der Waals surface area contributed by atoms with Crippen LogP contribution >= 0.6 is 0 Å². The minimum Gasteiger partial charge on any atom is -0.331 e. The molecule has 0 fully saturated rings. The molecule has 1 amide bonds. The monoisotopic (exact) mass is 310 g/mol. The second-order valence-electron chi connectivity index (χ2n) is 6.14. The van der Waals surface area contributed by atoms with E-state index < -0.39 is 0 Å². The Morgan fingerprint density at radius 3 is 2.78 bits per heavy atom. The van der Waals surface area contributed by atoms with Crippen LogP contribution in [-0.4, -0.2) is 22.3 Å². The number of aromatic amines is 1. The summed E-state index contributed by atoms with van der Waals surface area (Å²) in [5.74, 6) is -0.171. The first-order chi connectivity index (χ1) is 11.1. The molecule has 4 nitrogen and oxygen atoms in total. The Balaban J connectivity index is 1.96. The number of fused-ring (bicyclic) bond motifs is 1. The predicted octanol–water partition coefficient (Wildman–Crippen LogP) is 3.22. The number of aromatic nitrogens is 1. The molecular weight excluding hydrogens is 288 g/mol. The molecular formula is C19H22N2O2. The normalized spacial score (nSPS) is 16.2. The lowest BCUT2D eigenvalue weighted by molar-refractivity contribution is 0.0674. The number of aryl methyl sites for hydroxylation is 2. The SMILES string of the molecule is CCCN(C(=O)c1ccc(C)[nH]c1=O)C1CCc2ccccc21. The largest absolute Gasteiger partial charge is 0.331 e. The molecule has 1 aromatic heterocycles. The van der Waals surface area contributed by atoms with Gasteiger partial charge in [-0.1, -0.05) is 31.2 Å². The molecule has 2 aromatic rings. The topological polar surface area (TPSA) is 53.2 Å². The van der Waals surface area contributed by atoms with E-state index in [4.69, 9.17) is 0 Å². The summed E-state index contributed by atoms with van der Waals surface area (Å²) < 4.78 is 0. The first-order valence-electron chi connectivity index (χ1n) is 8.20. The lowest BCUT2D eigenvalue weighted by Crippen LogP contribution is -2.37. The molecule has 0 saturated carbocycles. The van der Waals surface area contributed by atoms with Gasteiger partial charge in [0.15, 0.2) is 0 Å². The van der Waals surface area contributed by atoms with Crippen molar-refractivity contribution in [1.82, 2.24) is 9.88 Å². The van der Waals surface area contributed by atoms with E-state index in [2.05, 4.69) is 24.0 Å². The Labute approximate surface area is 136 Å². The summed E-state index contributed by atoms with van der Waals surface area (Å²) in [4.78, 5) is 29.7. The van der Waals surface area contributed by atoms with E-state index in [1.165, 1.54) is 11.1 Å². The van der Waals surface area contributed by atoms with Crippen molar-refractivity contribution in [2.45, 2.75) is 39.2 Å². The highest BCUT2D eigenvalue weighted by Gasteiger charge is 2.31. The van der Waals surface area contributed by atoms with Crippen LogP contribution in [0.5, 0.6) is 0 Å². The van der Waals surface area contributed by atoms with Crippen LogP contribution < -0.4 is 5.56 Å². The zero-order valence-electron chi connectivity index (χ0n) is 13.6. The molecule has 1 aliphatic rings. The average Bonchev–Trinajstić information content (AvgIpc) is 2.96. The summed E-state index contributed by atoms with van der Waals surface area (Å²) in [5, 5.41) is 0. The summed E-state index contributed by atoms with van der Waals surface area (Å²) in [7, 11) is 0. The lowest BCUT2D eigenvalue weighted by atomic mass is 10.1. The van der Waals surface area contributed by atoms with Gasteiger partial charge in [0.05, 0.1) is 6.04 Å². The van der Waals surface area contributed by atoms with Gasteiger partial charge < -0.3 is 9.88 Å². The van der Waals surface area contributed by atoms with Crippen molar-refractivity contribution < 1.29 is 4.79 Å². The van der Waals surface area contributed by atoms with Crippen molar-refractivity contribution in [3.05, 3.63) is 69.1 Å². The van der Waals surface area contributed by atoms with Crippen LogP contribution in [0.2, 0.25) is 0 Å². The number of carbonyl (C=O) groups is 1. The van der Waals surface area contributed by atoms with Crippen molar-refractivity contribution in [3.63, 3.8) is 0 Å². The number of nitrogens with zero attached hydrogens (tertiary/aromatic N) is 1. The van der Waals surface area contributed by atoms with E-state index in [9.17, 15) is 9.59 Å². The van der Waals surface area contributed by atoms with Crippen LogP contribution in [0.15, 0.2) is 41.2 Å². The number of pyridine rings is 1. The number of amides is 1. The minimum absolute atomic E-state index is 0.0688. The summed E-state index contributed by atoms with van der Waals surface area (Å²) >= 11 is 0. The molecule has 120 valence electrons. The van der Waals surface area contributed by atoms with Gasteiger partial charge in [0.25, 0.3) is 11.5 Å². The van der Waals surface area contributed by atoms with Gasteiger partial charge in [-0.15, -0.1) is 0 Å². The Kier molecular flexibility index (Phi) is 4.33. The maximum absolute atomic E-state index is 13.0. The highest BCUT2D eigenvalue weighted by molar-refractivity contribution is 5.94. The fraction of sp³-hybridized carbons (Fsp3) is 0.368. The minimum atomic E-state index is -0.303. The van der Waals surface area contributed by atoms with Crippen LogP contribution in [0.25, 0.3) is 0 Å². The number of rotatable bonds is 4. The third-order valence-electron chi connectivity index (χ3n) is 4.49. The maximum Gasteiger partial charge on any atom is 0.260 e. The van der Waals surface area contributed by atoms with Crippen molar-refractivity contribution in [1.29, 1.82) is 0 Å². The number of nitrogens with one attached hydrogen (secondary N) is 1. The predicted molar refractivity (Wildman–Crippen MR) is 90.6 cm³/mol. The van der Waals surface area contributed by atoms with Crippen molar-refractivity contribution >= 4 is 5.91 Å². The van der Waals surface area contributed by atoms with Gasteiger partial charge in [0.1, 0.15) is 5.56 Å². The summed E-state index contributed by atoms with van der Waals surface area (Å²) in [6.07, 6.45) is 2.78. The molecule has 1 atom stereocenters. The number of carbonyl (C=O) groups excluding carboxylic acids is 1. The maximum atomic E-state index is 13.0. The summed E-state index contributed by atoms with van der Waals surface area (Å²) in [6.45, 7) is 4.53. The van der Waals surface area contributed by atoms with E-state index in [0.717, 1.165) is 25.0 Å². The Bertz CT molecular complexity index is 779. The molecule has 0 aliphatic heterocycles. The molecule has 23 heavy (non-hydrogen) atoms. The van der Waals surface area contributed by atoms with E-state index in [-0.39, 0.29) is 23.1 Å². The molecule has 3 rings (SSSR count). The third-order valence-corrected chi connectivity index (χ3v) is 4.49. The van der Waals surface area contributed by atoms with E-state index in [1.54, 1.807) is 12.1 Å². The lowest BCUT2D eigenvalue weighted by Gasteiger charge is -2.29. The van der Waals surface area contributed by atoms with Gasteiger partial charge in [0.2, 0.25) is 0 Å². The van der Waals surface area contributed by atoms with Crippen LogP contribution in [0, 0.1) is 6.92 Å². The second kappa shape index (κ2) is 6.41. The van der Waals surface area contributed by atoms with E-state index in [0.29, 0.717) is 6.54 Å². The van der Waals surface area contributed by atoms with Gasteiger partial charge in [-0.05, 0) is 49.4 Å². The molecule has 1 aliphatic carbocycles. The summed E-state index contributed by atoms with van der Waals surface area (Å²) in [5.41, 5.74) is 3.22. The number of hydrogen-bond acceptors (Lipinski definition) is 2. The highest BCUT2D eigenvalue weighted by Crippen LogP contribution is 2.36. The van der Waals surface area contributed by atoms with Crippen molar-refractivity contribution in [2.75, 3.05) is 6.54 Å². The number of benzene rings is 1. The van der Waals surface area contributed by atoms with Gasteiger partial charge in [-0.25, -0.2) is 0 Å². The molecule has 1 unspecified atom stereocenters. The number of H-pyrrole nitrogens is 1. The molecule has 0 saturated heterocycles. The molecule has 1 N–H and O–H groups in total. The first kappa shape index (κ1) is 15.5. The van der Waals surface area contributed by atoms with Crippen LogP contribution in [0.3, 0.4) is 0 Å². The fourth-order valence-corrected chi connectivity index (χ4v) is 3.39. The van der Waals surface area contributed by atoms with Gasteiger partial charge in [0, 0.05) is 12.2 Å². The van der Waals surface area contributed by atoms with E-state index >= 15 is 0 Å². The third kappa shape index (κ3) is 2.93. The highest BCUT2D eigenvalue weighted by atomic mass is 16.2. The van der Waals surface area contributed by atoms with Gasteiger partial charge in [-0.2, -0.15) is 0 Å². The van der Waals surface area contributed by atoms with Crippen molar-refractivity contribution in [2.24, 2.45) is 0 Å². The molecule has 1 heterocycles. The smallest absolute Gasteiger partial charge is 0.260 e. The van der Waals surface area contributed by atoms with E-state index in [1.807, 2.05) is 24.0 Å². The zero-order valence-corrected chi connectivity index (χ0v) is 13.6. The molecule has 0 radical (unpaired) electrons. The van der Waals surface area contributed by atoms with Crippen LogP contribution in [0.4, 0.5) is 0 Å². The molecule has 1 aromatic carbocycles. The standard InChI is InChI=1S/C19H22N2O2/c1-3-12-21(17-11-9-14-6-4-5-7-15(14)17)19(23)16-10-8-13(2)20-18(16)22/h4-8,10,17H,3,9,11-12H2,1-2H3,(H,20,22). The van der Waals surface area contributed by atoms with Gasteiger partial charge in [-0.3, -0.25) is 9.59 Å². The molecule has 4 heteroatoms. The van der Waals surface area contributed by atoms with Gasteiger partial charge >= 0.3 is 0 Å². The second-order valence-corrected chi connectivity index (χ2v) is 6.14. The Morgan fingerprint density at radius 1 is 1.26 bits per heavy atom. The van der Waals surface area contributed by atoms with Crippen molar-refractivity contribution in [3.8, 4) is 0 Å². The summed E-state index contributed by atoms with van der Waals surface area (Å²) in [6, 6.07) is 11.8.